The molecule has 0 saturated carbocycles. The molecule has 0 N–H and O–H groups in total. The predicted molar refractivity (Wildman–Crippen MR) is 75.2 cm³/mol. The van der Waals surface area contributed by atoms with Crippen molar-refractivity contribution < 1.29 is 14.3 Å². The molecule has 0 aliphatic carbocycles. The summed E-state index contributed by atoms with van der Waals surface area (Å²) in [5.74, 6) is 0.944. The van der Waals surface area contributed by atoms with E-state index in [0.717, 1.165) is 0 Å². The summed E-state index contributed by atoms with van der Waals surface area (Å²) < 4.78 is 10.4. The fourth-order valence-electron chi connectivity index (χ4n) is 1.81. The maximum atomic E-state index is 12.4. The van der Waals surface area contributed by atoms with Crippen LogP contribution >= 0.6 is 0 Å². The topological polar surface area (TPSA) is 35.5 Å². The van der Waals surface area contributed by atoms with Crippen molar-refractivity contribution in [3.8, 4) is 11.5 Å². The van der Waals surface area contributed by atoms with Crippen LogP contribution < -0.4 is 9.47 Å². The molecule has 3 nitrogen and oxygen atoms in total. The van der Waals surface area contributed by atoms with E-state index in [1.807, 2.05) is 18.2 Å². The van der Waals surface area contributed by atoms with Crippen LogP contribution in [0, 0.1) is 0 Å². The normalized spacial score (nSPS) is 9.37. The van der Waals surface area contributed by atoms with Crippen molar-refractivity contribution in [1.82, 2.24) is 0 Å². The Bertz CT molecular complexity index is 553. The van der Waals surface area contributed by atoms with E-state index >= 15 is 0 Å². The smallest absolute Gasteiger partial charge is 0.196 e. The average Bonchev–Trinajstić information content (AvgIpc) is 2.46. The van der Waals surface area contributed by atoms with Crippen molar-refractivity contribution in [2.45, 2.75) is 0 Å². The molecule has 0 unspecified atom stereocenters. The number of hydrogen-bond acceptors (Lipinski definition) is 3. The Morgan fingerprint density at radius 2 is 1.58 bits per heavy atom. The van der Waals surface area contributed by atoms with E-state index in [4.69, 9.17) is 9.47 Å². The molecule has 0 atom stereocenters. The van der Waals surface area contributed by atoms with Crippen LogP contribution in [0.25, 0.3) is 0 Å². The summed E-state index contributed by atoms with van der Waals surface area (Å²) in [5, 5.41) is 0. The number of ether oxygens (including phenoxy) is 2. The molecule has 93 valence electrons. The largest absolute Gasteiger partial charge is 0.493 e. The molecule has 0 aromatic heterocycles. The Hall–Kier alpha value is -1.29. The number of methoxy groups -OCH3 is 2. The number of hydrogen-bond donors (Lipinski definition) is 0. The van der Waals surface area contributed by atoms with Crippen LogP contribution in [0.3, 0.4) is 0 Å². The second kappa shape index (κ2) is 7.34. The molecular weight excluding hydrogens is 251 g/mol. The fourth-order valence-corrected chi connectivity index (χ4v) is 1.81. The van der Waals surface area contributed by atoms with E-state index in [2.05, 4.69) is 0 Å². The first-order chi connectivity index (χ1) is 8.77. The van der Waals surface area contributed by atoms with E-state index in [1.54, 1.807) is 37.4 Å². The summed E-state index contributed by atoms with van der Waals surface area (Å²) in [6.07, 6.45) is 0. The third-order valence-electron chi connectivity index (χ3n) is 2.68. The Labute approximate surface area is 134 Å². The van der Waals surface area contributed by atoms with E-state index in [0.29, 0.717) is 22.6 Å². The molecule has 2 rings (SSSR count). The van der Waals surface area contributed by atoms with Crippen molar-refractivity contribution in [2.75, 3.05) is 14.2 Å². The maximum absolute atomic E-state index is 12.4. The minimum Gasteiger partial charge on any atom is -0.493 e. The van der Waals surface area contributed by atoms with Gasteiger partial charge in [-0.25, -0.2) is 0 Å². The predicted octanol–water partition coefficient (Wildman–Crippen LogP) is 2.55. The first-order valence-corrected chi connectivity index (χ1v) is 5.58. The number of ketones is 1. The van der Waals surface area contributed by atoms with Gasteiger partial charge < -0.3 is 9.47 Å². The first-order valence-electron chi connectivity index (χ1n) is 5.58. The van der Waals surface area contributed by atoms with Gasteiger partial charge in [0, 0.05) is 35.1 Å². The zero-order valence-corrected chi connectivity index (χ0v) is 13.3. The van der Waals surface area contributed by atoms with Gasteiger partial charge >= 0.3 is 0 Å². The zero-order valence-electron chi connectivity index (χ0n) is 11.3. The molecule has 0 fully saturated rings. The Kier molecular flexibility index (Phi) is 6.09. The van der Waals surface area contributed by atoms with Gasteiger partial charge in [-0.2, -0.15) is 0 Å². The van der Waals surface area contributed by atoms with Crippen LogP contribution in [-0.2, 0) is 0 Å². The molecular formula is C15H14NaO3. The molecule has 0 heterocycles. The van der Waals surface area contributed by atoms with E-state index in [1.165, 1.54) is 7.11 Å². The van der Waals surface area contributed by atoms with Gasteiger partial charge in [0.1, 0.15) is 0 Å². The molecule has 0 saturated heterocycles. The van der Waals surface area contributed by atoms with Gasteiger partial charge in [0.2, 0.25) is 0 Å². The zero-order chi connectivity index (χ0) is 13.0. The number of benzene rings is 2. The van der Waals surface area contributed by atoms with Gasteiger partial charge in [-0.1, -0.05) is 36.4 Å². The quantitative estimate of drug-likeness (QED) is 0.629. The minimum atomic E-state index is -0.0775. The second-order valence-electron chi connectivity index (χ2n) is 3.74. The summed E-state index contributed by atoms with van der Waals surface area (Å²) in [4.78, 5) is 12.4. The molecule has 2 aromatic carbocycles. The minimum absolute atomic E-state index is 0. The van der Waals surface area contributed by atoms with Gasteiger partial charge in [0.05, 0.1) is 19.8 Å². The Balaban J connectivity index is 0.00000180. The third-order valence-corrected chi connectivity index (χ3v) is 2.68. The van der Waals surface area contributed by atoms with E-state index < -0.39 is 0 Å². The molecule has 0 spiro atoms. The number of carbonyl (C=O) groups excluding carboxylic acids is 1. The molecule has 4 heteroatoms. The molecule has 0 aliphatic rings. The number of para-hydroxylation sites is 1. The molecule has 0 aliphatic heterocycles. The van der Waals surface area contributed by atoms with Crippen LogP contribution in [0.2, 0.25) is 0 Å². The summed E-state index contributed by atoms with van der Waals surface area (Å²) in [6.45, 7) is 0. The van der Waals surface area contributed by atoms with Crippen LogP contribution in [-0.4, -0.2) is 49.6 Å². The van der Waals surface area contributed by atoms with Crippen LogP contribution in [0.15, 0.2) is 48.5 Å². The summed E-state index contributed by atoms with van der Waals surface area (Å²) in [7, 11) is 3.08. The van der Waals surface area contributed by atoms with Crippen molar-refractivity contribution >= 4 is 35.3 Å². The summed E-state index contributed by atoms with van der Waals surface area (Å²) in [5.41, 5.74) is 1.13. The monoisotopic (exact) mass is 265 g/mol. The molecule has 1 radical (unpaired) electrons. The van der Waals surface area contributed by atoms with Crippen LogP contribution in [0.4, 0.5) is 0 Å². The third kappa shape index (κ3) is 3.38. The number of rotatable bonds is 4. The van der Waals surface area contributed by atoms with Crippen molar-refractivity contribution in [3.63, 3.8) is 0 Å². The van der Waals surface area contributed by atoms with Crippen molar-refractivity contribution in [2.24, 2.45) is 0 Å². The molecule has 19 heavy (non-hydrogen) atoms. The summed E-state index contributed by atoms with van der Waals surface area (Å²) >= 11 is 0. The second-order valence-corrected chi connectivity index (χ2v) is 3.74. The SMILES string of the molecule is COc1cccc(C(=O)c2ccccc2)c1OC.[Na]. The molecule has 2 aromatic rings. The standard InChI is InChI=1S/C15H14O3.Na/c1-17-13-10-6-9-12(15(13)18-2)14(16)11-7-4-3-5-8-11;/h3-10H,1-2H3;. The van der Waals surface area contributed by atoms with Crippen molar-refractivity contribution in [1.29, 1.82) is 0 Å². The van der Waals surface area contributed by atoms with Gasteiger partial charge in [-0.05, 0) is 12.1 Å². The Morgan fingerprint density at radius 1 is 0.895 bits per heavy atom. The van der Waals surface area contributed by atoms with E-state index in [-0.39, 0.29) is 35.3 Å². The van der Waals surface area contributed by atoms with Crippen LogP contribution in [0.1, 0.15) is 15.9 Å². The Morgan fingerprint density at radius 3 is 2.16 bits per heavy atom. The van der Waals surface area contributed by atoms with Gasteiger partial charge in [-0.15, -0.1) is 0 Å². The summed E-state index contributed by atoms with van der Waals surface area (Å²) in [6, 6.07) is 14.4. The average molecular weight is 265 g/mol. The van der Waals surface area contributed by atoms with Gasteiger partial charge in [0.25, 0.3) is 0 Å². The molecule has 0 amide bonds. The molecule has 0 bridgehead atoms. The first kappa shape index (κ1) is 15.8. The van der Waals surface area contributed by atoms with Crippen molar-refractivity contribution in [3.05, 3.63) is 59.7 Å². The fraction of sp³-hybridized carbons (Fsp3) is 0.133. The number of carbonyl (C=O) groups is 1. The van der Waals surface area contributed by atoms with Gasteiger partial charge in [0.15, 0.2) is 17.3 Å². The van der Waals surface area contributed by atoms with Crippen LogP contribution in [0.5, 0.6) is 11.5 Å². The van der Waals surface area contributed by atoms with Gasteiger partial charge in [-0.3, -0.25) is 4.79 Å². The van der Waals surface area contributed by atoms with E-state index in [9.17, 15) is 4.79 Å². The maximum Gasteiger partial charge on any atom is 0.196 e.